The summed E-state index contributed by atoms with van der Waals surface area (Å²) < 4.78 is 0. The lowest BCUT2D eigenvalue weighted by Crippen LogP contribution is -2.41. The van der Waals surface area contributed by atoms with Crippen LogP contribution in [0.25, 0.3) is 0 Å². The van der Waals surface area contributed by atoms with Crippen LogP contribution in [0.5, 0.6) is 0 Å². The number of carbonyl (C=O) groups excluding carboxylic acids is 1. The van der Waals surface area contributed by atoms with Gasteiger partial charge in [0.15, 0.2) is 0 Å². The fraction of sp³-hybridized carbons (Fsp3) is 0.722. The van der Waals surface area contributed by atoms with E-state index >= 15 is 0 Å². The number of hydrogen-bond acceptors (Lipinski definition) is 3. The zero-order valence-corrected chi connectivity index (χ0v) is 14.8. The maximum atomic E-state index is 12.0. The molecule has 1 atom stereocenters. The van der Waals surface area contributed by atoms with Crippen molar-refractivity contribution >= 4 is 17.8 Å². The molecule has 0 aliphatic rings. The van der Waals surface area contributed by atoms with Crippen molar-refractivity contribution in [1.29, 1.82) is 0 Å². The fourth-order valence-corrected chi connectivity index (χ4v) is 2.31. The lowest BCUT2D eigenvalue weighted by atomic mass is 10.1. The zero-order valence-electron chi connectivity index (χ0n) is 14.8. The number of carboxylic acids is 2. The quantitative estimate of drug-likeness (QED) is 0.331. The van der Waals surface area contributed by atoms with E-state index < -0.39 is 23.9 Å². The number of allylic oxidation sites excluding steroid dienone is 1. The Kier molecular flexibility index (Phi) is 12.5. The average molecular weight is 341 g/mol. The molecule has 0 rings (SSSR count). The fourth-order valence-electron chi connectivity index (χ4n) is 2.31. The maximum absolute atomic E-state index is 12.0. The van der Waals surface area contributed by atoms with Gasteiger partial charge in [-0.05, 0) is 26.2 Å². The average Bonchev–Trinajstić information content (AvgIpc) is 2.52. The smallest absolute Gasteiger partial charge is 0.326 e. The van der Waals surface area contributed by atoms with E-state index in [0.717, 1.165) is 19.3 Å². The van der Waals surface area contributed by atoms with Gasteiger partial charge in [0.05, 0.1) is 0 Å². The van der Waals surface area contributed by atoms with Gasteiger partial charge in [-0.2, -0.15) is 0 Å². The van der Waals surface area contributed by atoms with Crippen molar-refractivity contribution in [2.24, 2.45) is 0 Å². The third kappa shape index (κ3) is 11.7. The topological polar surface area (TPSA) is 104 Å². The van der Waals surface area contributed by atoms with E-state index in [1.165, 1.54) is 32.1 Å². The second kappa shape index (κ2) is 13.6. The largest absolute Gasteiger partial charge is 0.481 e. The Labute approximate surface area is 144 Å². The Hall–Kier alpha value is -1.85. The minimum absolute atomic E-state index is 0.124. The number of amides is 1. The summed E-state index contributed by atoms with van der Waals surface area (Å²) in [5.41, 5.74) is 0.475. The van der Waals surface area contributed by atoms with Crippen molar-refractivity contribution < 1.29 is 24.6 Å². The molecular formula is C18H31NO5. The van der Waals surface area contributed by atoms with E-state index in [-0.39, 0.29) is 12.8 Å². The van der Waals surface area contributed by atoms with Crippen molar-refractivity contribution in [2.75, 3.05) is 0 Å². The van der Waals surface area contributed by atoms with Crippen LogP contribution in [0.2, 0.25) is 0 Å². The van der Waals surface area contributed by atoms with Gasteiger partial charge in [-0.3, -0.25) is 9.59 Å². The molecule has 3 N–H and O–H groups in total. The van der Waals surface area contributed by atoms with Gasteiger partial charge < -0.3 is 15.5 Å². The standard InChI is InChI=1S/C18H31NO5/c1-3-4-5-6-7-8-9-10-11-14(2)17(22)19-15(18(23)24)12-13-16(20)21/h11,15H,3-10,12-13H2,1-2H3,(H,19,22)(H,20,21)(H,23,24)/b14-11+. The monoisotopic (exact) mass is 341 g/mol. The summed E-state index contributed by atoms with van der Waals surface area (Å²) in [6.07, 6.45) is 10.6. The van der Waals surface area contributed by atoms with Crippen LogP contribution in [-0.4, -0.2) is 34.1 Å². The minimum atomic E-state index is -1.22. The molecule has 0 saturated heterocycles. The Morgan fingerprint density at radius 2 is 1.58 bits per heavy atom. The molecule has 138 valence electrons. The van der Waals surface area contributed by atoms with Crippen molar-refractivity contribution in [1.82, 2.24) is 5.32 Å². The van der Waals surface area contributed by atoms with Gasteiger partial charge in [-0.1, -0.05) is 51.5 Å². The predicted molar refractivity (Wildman–Crippen MR) is 92.8 cm³/mol. The van der Waals surface area contributed by atoms with Crippen LogP contribution >= 0.6 is 0 Å². The first-order valence-corrected chi connectivity index (χ1v) is 8.80. The van der Waals surface area contributed by atoms with Gasteiger partial charge >= 0.3 is 11.9 Å². The molecule has 0 saturated carbocycles. The zero-order chi connectivity index (χ0) is 18.4. The number of carbonyl (C=O) groups is 3. The van der Waals surface area contributed by atoms with Crippen molar-refractivity contribution in [3.8, 4) is 0 Å². The van der Waals surface area contributed by atoms with Crippen molar-refractivity contribution in [2.45, 2.75) is 84.1 Å². The first kappa shape index (κ1) is 22.1. The molecule has 0 aromatic carbocycles. The highest BCUT2D eigenvalue weighted by molar-refractivity contribution is 5.95. The Morgan fingerprint density at radius 3 is 2.12 bits per heavy atom. The van der Waals surface area contributed by atoms with E-state index in [1.54, 1.807) is 6.92 Å². The molecule has 0 heterocycles. The molecule has 0 aliphatic carbocycles. The lowest BCUT2D eigenvalue weighted by Gasteiger charge is -2.13. The summed E-state index contributed by atoms with van der Waals surface area (Å²) in [5, 5.41) is 20.0. The highest BCUT2D eigenvalue weighted by Crippen LogP contribution is 2.10. The third-order valence-corrected chi connectivity index (χ3v) is 3.87. The number of carboxylic acid groups (broad SMARTS) is 2. The molecule has 1 amide bonds. The molecule has 0 radical (unpaired) electrons. The minimum Gasteiger partial charge on any atom is -0.481 e. The van der Waals surface area contributed by atoms with Gasteiger partial charge in [-0.15, -0.1) is 0 Å². The molecule has 0 spiro atoms. The number of hydrogen-bond donors (Lipinski definition) is 3. The number of rotatable bonds is 14. The molecule has 6 nitrogen and oxygen atoms in total. The third-order valence-electron chi connectivity index (χ3n) is 3.87. The molecular weight excluding hydrogens is 310 g/mol. The van der Waals surface area contributed by atoms with Crippen LogP contribution in [0.15, 0.2) is 11.6 Å². The van der Waals surface area contributed by atoms with Crippen LogP contribution in [0, 0.1) is 0 Å². The number of aliphatic carboxylic acids is 2. The Balaban J connectivity index is 4.09. The van der Waals surface area contributed by atoms with E-state index in [2.05, 4.69) is 12.2 Å². The van der Waals surface area contributed by atoms with Crippen LogP contribution in [0.4, 0.5) is 0 Å². The molecule has 0 aliphatic heterocycles. The van der Waals surface area contributed by atoms with E-state index in [9.17, 15) is 14.4 Å². The van der Waals surface area contributed by atoms with Gasteiger partial charge in [0.25, 0.3) is 0 Å². The van der Waals surface area contributed by atoms with Gasteiger partial charge in [0, 0.05) is 12.0 Å². The van der Waals surface area contributed by atoms with E-state index in [1.807, 2.05) is 6.08 Å². The van der Waals surface area contributed by atoms with Crippen LogP contribution in [0.3, 0.4) is 0 Å². The molecule has 0 bridgehead atoms. The summed E-state index contributed by atoms with van der Waals surface area (Å²) >= 11 is 0. The summed E-state index contributed by atoms with van der Waals surface area (Å²) in [6, 6.07) is -1.17. The second-order valence-corrected chi connectivity index (χ2v) is 6.09. The molecule has 0 aromatic heterocycles. The van der Waals surface area contributed by atoms with Crippen LogP contribution < -0.4 is 5.32 Å². The predicted octanol–water partition coefficient (Wildman–Crippen LogP) is 3.51. The highest BCUT2D eigenvalue weighted by atomic mass is 16.4. The van der Waals surface area contributed by atoms with E-state index in [4.69, 9.17) is 10.2 Å². The number of nitrogens with one attached hydrogen (secondary N) is 1. The van der Waals surface area contributed by atoms with Gasteiger partial charge in [0.2, 0.25) is 5.91 Å². The summed E-state index contributed by atoms with van der Waals surface area (Å²) in [4.78, 5) is 33.5. The maximum Gasteiger partial charge on any atom is 0.326 e. The first-order chi connectivity index (χ1) is 11.4. The summed E-state index contributed by atoms with van der Waals surface area (Å²) in [5.74, 6) is -2.75. The van der Waals surface area contributed by atoms with Crippen LogP contribution in [0.1, 0.15) is 78.1 Å². The SMILES string of the molecule is CCCCCCCCC/C=C(\C)C(=O)NC(CCC(=O)O)C(=O)O. The second-order valence-electron chi connectivity index (χ2n) is 6.09. The first-order valence-electron chi connectivity index (χ1n) is 8.80. The molecule has 0 fully saturated rings. The summed E-state index contributed by atoms with van der Waals surface area (Å²) in [6.45, 7) is 3.84. The highest BCUT2D eigenvalue weighted by Gasteiger charge is 2.21. The van der Waals surface area contributed by atoms with Crippen molar-refractivity contribution in [3.05, 3.63) is 11.6 Å². The van der Waals surface area contributed by atoms with E-state index in [0.29, 0.717) is 5.57 Å². The lowest BCUT2D eigenvalue weighted by molar-refractivity contribution is -0.142. The van der Waals surface area contributed by atoms with Crippen molar-refractivity contribution in [3.63, 3.8) is 0 Å². The normalized spacial score (nSPS) is 12.7. The molecule has 24 heavy (non-hydrogen) atoms. The number of unbranched alkanes of at least 4 members (excludes halogenated alkanes) is 7. The molecule has 1 unspecified atom stereocenters. The van der Waals surface area contributed by atoms with Gasteiger partial charge in [-0.25, -0.2) is 4.79 Å². The molecule has 6 heteroatoms. The Bertz CT molecular complexity index is 431. The summed E-state index contributed by atoms with van der Waals surface area (Å²) in [7, 11) is 0. The Morgan fingerprint density at radius 1 is 1.00 bits per heavy atom. The van der Waals surface area contributed by atoms with Gasteiger partial charge in [0.1, 0.15) is 6.04 Å². The van der Waals surface area contributed by atoms with Crippen LogP contribution in [-0.2, 0) is 14.4 Å². The molecule has 0 aromatic rings.